The number of rotatable bonds is 4. The lowest BCUT2D eigenvalue weighted by Crippen LogP contribution is -2.18. The zero-order valence-electron chi connectivity index (χ0n) is 9.47. The first-order valence-corrected chi connectivity index (χ1v) is 5.80. The molecule has 0 saturated heterocycles. The molecule has 13 heavy (non-hydrogen) atoms. The summed E-state index contributed by atoms with van der Waals surface area (Å²) in [4.78, 5) is 0. The monoisotopic (exact) mass is 180 g/mol. The summed E-state index contributed by atoms with van der Waals surface area (Å²) in [6.07, 6.45) is 12.9. The Bertz CT molecular complexity index is 169. The average molecular weight is 180 g/mol. The maximum absolute atomic E-state index is 2.49. The maximum atomic E-state index is 2.49. The third-order valence-corrected chi connectivity index (χ3v) is 3.93. The molecule has 0 spiro atoms. The van der Waals surface area contributed by atoms with Crippen LogP contribution in [0.2, 0.25) is 0 Å². The van der Waals surface area contributed by atoms with Crippen molar-refractivity contribution < 1.29 is 0 Å². The summed E-state index contributed by atoms with van der Waals surface area (Å²) in [7, 11) is 0. The molecule has 0 aliphatic heterocycles. The van der Waals surface area contributed by atoms with E-state index in [4.69, 9.17) is 0 Å². The van der Waals surface area contributed by atoms with Crippen molar-refractivity contribution in [2.45, 2.75) is 59.3 Å². The Morgan fingerprint density at radius 3 is 2.77 bits per heavy atom. The van der Waals surface area contributed by atoms with Crippen molar-refractivity contribution in [3.63, 3.8) is 0 Å². The first-order valence-electron chi connectivity index (χ1n) is 5.80. The van der Waals surface area contributed by atoms with Crippen LogP contribution >= 0.6 is 0 Å². The van der Waals surface area contributed by atoms with Crippen LogP contribution in [-0.4, -0.2) is 0 Å². The number of hydrogen-bond acceptors (Lipinski definition) is 0. The summed E-state index contributed by atoms with van der Waals surface area (Å²) in [5.41, 5.74) is 0.668. The second-order valence-corrected chi connectivity index (χ2v) is 4.91. The van der Waals surface area contributed by atoms with Gasteiger partial charge in [-0.25, -0.2) is 0 Å². The largest absolute Gasteiger partial charge is 0.0917 e. The molecule has 0 aromatic rings. The van der Waals surface area contributed by atoms with Crippen LogP contribution in [0.4, 0.5) is 0 Å². The van der Waals surface area contributed by atoms with E-state index in [0.717, 1.165) is 5.92 Å². The van der Waals surface area contributed by atoms with Crippen LogP contribution < -0.4 is 0 Å². The first-order chi connectivity index (χ1) is 6.19. The van der Waals surface area contributed by atoms with Gasteiger partial charge in [-0.05, 0) is 43.9 Å². The van der Waals surface area contributed by atoms with Crippen molar-refractivity contribution in [2.75, 3.05) is 0 Å². The van der Waals surface area contributed by atoms with Gasteiger partial charge < -0.3 is 0 Å². The van der Waals surface area contributed by atoms with E-state index in [-0.39, 0.29) is 0 Å². The van der Waals surface area contributed by atoms with Crippen LogP contribution in [-0.2, 0) is 0 Å². The quantitative estimate of drug-likeness (QED) is 0.439. The third kappa shape index (κ3) is 2.86. The minimum Gasteiger partial charge on any atom is -0.0917 e. The minimum absolute atomic E-state index is 0.668. The predicted molar refractivity (Wildman–Crippen MR) is 59.8 cm³/mol. The molecule has 0 heteroatoms. The third-order valence-electron chi connectivity index (χ3n) is 3.93. The smallest absolute Gasteiger partial charge is 0.0300 e. The van der Waals surface area contributed by atoms with Gasteiger partial charge in [-0.15, -0.1) is 0 Å². The van der Waals surface area contributed by atoms with Gasteiger partial charge in [0.1, 0.15) is 0 Å². The van der Waals surface area contributed by atoms with Gasteiger partial charge in [0.05, 0.1) is 0 Å². The molecule has 0 amide bonds. The fraction of sp³-hybridized carbons (Fsp3) is 0.846. The van der Waals surface area contributed by atoms with Crippen molar-refractivity contribution in [1.82, 2.24) is 0 Å². The molecular formula is C13H24. The average Bonchev–Trinajstić information content (AvgIpc) is 2.42. The predicted octanol–water partition coefficient (Wildman–Crippen LogP) is 4.56. The summed E-state index contributed by atoms with van der Waals surface area (Å²) in [5.74, 6) is 0.957. The van der Waals surface area contributed by atoms with E-state index in [9.17, 15) is 0 Å². The van der Waals surface area contributed by atoms with Gasteiger partial charge >= 0.3 is 0 Å². The Morgan fingerprint density at radius 2 is 2.23 bits per heavy atom. The summed E-state index contributed by atoms with van der Waals surface area (Å²) >= 11 is 0. The van der Waals surface area contributed by atoms with Crippen LogP contribution in [0.1, 0.15) is 59.3 Å². The SMILES string of the molecule is C/C=C/CCCC1(C)CCCC1C. The van der Waals surface area contributed by atoms with E-state index in [1.165, 1.54) is 38.5 Å². The molecule has 1 aliphatic carbocycles. The van der Waals surface area contributed by atoms with Gasteiger partial charge in [-0.1, -0.05) is 38.8 Å². The summed E-state index contributed by atoms with van der Waals surface area (Å²) in [5, 5.41) is 0. The lowest BCUT2D eigenvalue weighted by molar-refractivity contribution is 0.220. The number of allylic oxidation sites excluding steroid dienone is 2. The topological polar surface area (TPSA) is 0 Å². The zero-order chi connectivity index (χ0) is 9.73. The Morgan fingerprint density at radius 1 is 1.46 bits per heavy atom. The fourth-order valence-electron chi connectivity index (χ4n) is 2.57. The Balaban J connectivity index is 2.26. The lowest BCUT2D eigenvalue weighted by Gasteiger charge is -2.29. The molecule has 0 nitrogen and oxygen atoms in total. The van der Waals surface area contributed by atoms with E-state index in [1.54, 1.807) is 0 Å². The Hall–Kier alpha value is -0.260. The molecular weight excluding hydrogens is 156 g/mol. The van der Waals surface area contributed by atoms with Gasteiger partial charge in [-0.3, -0.25) is 0 Å². The highest BCUT2D eigenvalue weighted by Gasteiger charge is 2.34. The van der Waals surface area contributed by atoms with E-state index < -0.39 is 0 Å². The van der Waals surface area contributed by atoms with Gasteiger partial charge in [0.2, 0.25) is 0 Å². The number of unbranched alkanes of at least 4 members (excludes halogenated alkanes) is 1. The molecule has 1 fully saturated rings. The summed E-state index contributed by atoms with van der Waals surface area (Å²) in [6.45, 7) is 7.03. The van der Waals surface area contributed by atoms with Crippen molar-refractivity contribution in [3.8, 4) is 0 Å². The van der Waals surface area contributed by atoms with Crippen molar-refractivity contribution in [1.29, 1.82) is 0 Å². The molecule has 1 aliphatic rings. The second kappa shape index (κ2) is 4.83. The van der Waals surface area contributed by atoms with Crippen LogP contribution in [0.15, 0.2) is 12.2 Å². The molecule has 0 bridgehead atoms. The van der Waals surface area contributed by atoms with E-state index in [0.29, 0.717) is 5.41 Å². The molecule has 0 heterocycles. The molecule has 0 radical (unpaired) electrons. The highest BCUT2D eigenvalue weighted by Crippen LogP contribution is 2.46. The van der Waals surface area contributed by atoms with E-state index >= 15 is 0 Å². The second-order valence-electron chi connectivity index (χ2n) is 4.91. The highest BCUT2D eigenvalue weighted by atomic mass is 14.4. The lowest BCUT2D eigenvalue weighted by atomic mass is 9.77. The normalized spacial score (nSPS) is 34.5. The van der Waals surface area contributed by atoms with Gasteiger partial charge in [0.25, 0.3) is 0 Å². The summed E-state index contributed by atoms with van der Waals surface area (Å²) in [6, 6.07) is 0. The van der Waals surface area contributed by atoms with Crippen molar-refractivity contribution in [2.24, 2.45) is 11.3 Å². The fourth-order valence-corrected chi connectivity index (χ4v) is 2.57. The molecule has 2 atom stereocenters. The van der Waals surface area contributed by atoms with Crippen LogP contribution in [0, 0.1) is 11.3 Å². The molecule has 0 aromatic carbocycles. The van der Waals surface area contributed by atoms with Crippen LogP contribution in [0.25, 0.3) is 0 Å². The van der Waals surface area contributed by atoms with Gasteiger partial charge in [-0.2, -0.15) is 0 Å². The summed E-state index contributed by atoms with van der Waals surface area (Å²) < 4.78 is 0. The molecule has 1 rings (SSSR count). The zero-order valence-corrected chi connectivity index (χ0v) is 9.47. The minimum atomic E-state index is 0.668. The molecule has 1 saturated carbocycles. The van der Waals surface area contributed by atoms with E-state index in [2.05, 4.69) is 32.9 Å². The van der Waals surface area contributed by atoms with Crippen LogP contribution in [0.3, 0.4) is 0 Å². The molecule has 0 aromatic heterocycles. The van der Waals surface area contributed by atoms with Crippen molar-refractivity contribution >= 4 is 0 Å². The standard InChI is InChI=1S/C13H24/c1-4-5-6-7-10-13(3)11-8-9-12(13)2/h4-5,12H,6-11H2,1-3H3/b5-4+. The maximum Gasteiger partial charge on any atom is -0.0300 e. The van der Waals surface area contributed by atoms with Gasteiger partial charge in [0.15, 0.2) is 0 Å². The van der Waals surface area contributed by atoms with E-state index in [1.807, 2.05) is 0 Å². The van der Waals surface area contributed by atoms with Crippen molar-refractivity contribution in [3.05, 3.63) is 12.2 Å². The van der Waals surface area contributed by atoms with Crippen LogP contribution in [0.5, 0.6) is 0 Å². The molecule has 2 unspecified atom stereocenters. The molecule has 0 N–H and O–H groups in total. The van der Waals surface area contributed by atoms with Gasteiger partial charge in [0, 0.05) is 0 Å². The molecule has 76 valence electrons. The number of hydrogen-bond donors (Lipinski definition) is 0. The highest BCUT2D eigenvalue weighted by molar-refractivity contribution is 4.87. The Labute approximate surface area is 83.4 Å². The first kappa shape index (κ1) is 10.8. The Kier molecular flexibility index (Phi) is 4.02.